The van der Waals surface area contributed by atoms with Crippen molar-refractivity contribution in [2.24, 2.45) is 5.92 Å². The highest BCUT2D eigenvalue weighted by Crippen LogP contribution is 2.38. The monoisotopic (exact) mass is 405 g/mol. The van der Waals surface area contributed by atoms with Crippen LogP contribution < -0.4 is 0 Å². The zero-order chi connectivity index (χ0) is 21.1. The van der Waals surface area contributed by atoms with E-state index in [1.807, 2.05) is 35.2 Å². The van der Waals surface area contributed by atoms with Crippen molar-refractivity contribution < 1.29 is 14.3 Å². The van der Waals surface area contributed by atoms with Crippen molar-refractivity contribution in [1.29, 1.82) is 0 Å². The lowest BCUT2D eigenvalue weighted by Gasteiger charge is -2.47. The minimum atomic E-state index is -0.228. The van der Waals surface area contributed by atoms with Crippen LogP contribution in [0.1, 0.15) is 54.4 Å². The van der Waals surface area contributed by atoms with E-state index in [1.54, 1.807) is 0 Å². The molecule has 4 nitrogen and oxygen atoms in total. The van der Waals surface area contributed by atoms with Gasteiger partial charge in [-0.1, -0.05) is 59.7 Å². The van der Waals surface area contributed by atoms with Gasteiger partial charge >= 0.3 is 6.09 Å². The van der Waals surface area contributed by atoms with Crippen LogP contribution in [-0.2, 0) is 22.6 Å². The summed E-state index contributed by atoms with van der Waals surface area (Å²) in [6.45, 7) is 4.44. The zero-order valence-corrected chi connectivity index (χ0v) is 18.0. The molecule has 0 aliphatic carbocycles. The summed E-state index contributed by atoms with van der Waals surface area (Å²) in [6.07, 6.45) is 4.84. The first kappa shape index (κ1) is 20.6. The van der Waals surface area contributed by atoms with Crippen molar-refractivity contribution in [3.05, 3.63) is 70.8 Å². The van der Waals surface area contributed by atoms with Crippen molar-refractivity contribution in [3.8, 4) is 0 Å². The van der Waals surface area contributed by atoms with Crippen LogP contribution in [0.5, 0.6) is 0 Å². The molecular formula is C26H31NO3. The summed E-state index contributed by atoms with van der Waals surface area (Å²) in [7, 11) is 0. The summed E-state index contributed by atoms with van der Waals surface area (Å²) in [5.41, 5.74) is 4.50. The molecule has 2 unspecified atom stereocenters. The maximum atomic E-state index is 13.1. The van der Waals surface area contributed by atoms with Crippen LogP contribution in [0.3, 0.4) is 0 Å². The van der Waals surface area contributed by atoms with Crippen molar-refractivity contribution in [2.75, 3.05) is 0 Å². The number of ketones is 1. The molecule has 0 saturated carbocycles. The molecule has 0 N–H and O–H groups in total. The number of carbonyl (C=O) groups is 2. The first-order valence-corrected chi connectivity index (χ1v) is 11.1. The summed E-state index contributed by atoms with van der Waals surface area (Å²) in [5.74, 6) is 0.355. The Balaban J connectivity index is 1.39. The van der Waals surface area contributed by atoms with E-state index in [0.717, 1.165) is 43.2 Å². The summed E-state index contributed by atoms with van der Waals surface area (Å²) in [4.78, 5) is 27.9. The van der Waals surface area contributed by atoms with Crippen LogP contribution in [0, 0.1) is 19.8 Å². The molecule has 2 fully saturated rings. The van der Waals surface area contributed by atoms with Gasteiger partial charge in [-0.3, -0.25) is 4.79 Å². The van der Waals surface area contributed by atoms with Crippen LogP contribution in [-0.4, -0.2) is 28.9 Å². The Labute approximate surface area is 179 Å². The Hall–Kier alpha value is -2.62. The first-order valence-electron chi connectivity index (χ1n) is 11.1. The largest absolute Gasteiger partial charge is 0.445 e. The Morgan fingerprint density at radius 2 is 1.57 bits per heavy atom. The molecule has 2 aliphatic rings. The van der Waals surface area contributed by atoms with Crippen molar-refractivity contribution in [2.45, 2.75) is 71.1 Å². The fourth-order valence-electron chi connectivity index (χ4n) is 5.25. The molecule has 2 aliphatic heterocycles. The van der Waals surface area contributed by atoms with Crippen LogP contribution in [0.4, 0.5) is 4.79 Å². The number of piperidine rings is 2. The Morgan fingerprint density at radius 3 is 2.20 bits per heavy atom. The van der Waals surface area contributed by atoms with Gasteiger partial charge in [0.25, 0.3) is 0 Å². The number of benzene rings is 2. The van der Waals surface area contributed by atoms with Gasteiger partial charge < -0.3 is 9.64 Å². The topological polar surface area (TPSA) is 46.6 Å². The highest BCUT2D eigenvalue weighted by Gasteiger charge is 2.43. The smallest absolute Gasteiger partial charge is 0.410 e. The molecule has 158 valence electrons. The van der Waals surface area contributed by atoms with E-state index in [-0.39, 0.29) is 24.1 Å². The van der Waals surface area contributed by atoms with Crippen LogP contribution in [0.25, 0.3) is 0 Å². The zero-order valence-electron chi connectivity index (χ0n) is 18.0. The lowest BCUT2D eigenvalue weighted by molar-refractivity contribution is -0.126. The van der Waals surface area contributed by atoms with Gasteiger partial charge in [0.2, 0.25) is 0 Å². The highest BCUT2D eigenvalue weighted by atomic mass is 16.6. The van der Waals surface area contributed by atoms with E-state index in [2.05, 4.69) is 32.0 Å². The normalized spacial score (nSPS) is 23.1. The summed E-state index contributed by atoms with van der Waals surface area (Å²) in [6, 6.07) is 16.4. The third-order valence-electron chi connectivity index (χ3n) is 6.51. The number of carbonyl (C=O) groups excluding carboxylic acids is 2. The average molecular weight is 406 g/mol. The second kappa shape index (κ2) is 9.03. The van der Waals surface area contributed by atoms with E-state index < -0.39 is 0 Å². The number of aryl methyl sites for hydroxylation is 2. The van der Waals surface area contributed by atoms with Crippen LogP contribution >= 0.6 is 0 Å². The third kappa shape index (κ3) is 4.75. The molecule has 1 amide bonds. The van der Waals surface area contributed by atoms with Gasteiger partial charge in [-0.2, -0.15) is 0 Å². The highest BCUT2D eigenvalue weighted by molar-refractivity contribution is 5.84. The van der Waals surface area contributed by atoms with E-state index in [0.29, 0.717) is 18.8 Å². The standard InChI is InChI=1S/C26H31NO3/c1-18-11-19(2)13-21(12-18)14-25(28)22-15-23-9-6-10-24(16-22)27(23)26(29)30-17-20-7-4-3-5-8-20/h3-5,7-8,11-13,22-24H,6,9-10,14-17H2,1-2H3. The van der Waals surface area contributed by atoms with Crippen molar-refractivity contribution >= 4 is 11.9 Å². The fourth-order valence-corrected chi connectivity index (χ4v) is 5.25. The second-order valence-corrected chi connectivity index (χ2v) is 8.99. The number of nitrogens with zero attached hydrogens (tertiary/aromatic N) is 1. The Kier molecular flexibility index (Phi) is 6.21. The van der Waals surface area contributed by atoms with Gasteiger partial charge in [0.15, 0.2) is 0 Å². The molecule has 4 rings (SSSR count). The van der Waals surface area contributed by atoms with Crippen molar-refractivity contribution in [3.63, 3.8) is 0 Å². The summed E-state index contributed by atoms with van der Waals surface area (Å²) in [5, 5.41) is 0. The quantitative estimate of drug-likeness (QED) is 0.670. The lowest BCUT2D eigenvalue weighted by Crippen LogP contribution is -2.55. The minimum Gasteiger partial charge on any atom is -0.445 e. The molecule has 0 aromatic heterocycles. The number of hydrogen-bond acceptors (Lipinski definition) is 3. The first-order chi connectivity index (χ1) is 14.5. The van der Waals surface area contributed by atoms with E-state index >= 15 is 0 Å². The Morgan fingerprint density at radius 1 is 0.933 bits per heavy atom. The number of fused-ring (bicyclic) bond motifs is 2. The van der Waals surface area contributed by atoms with Gasteiger partial charge in [0.1, 0.15) is 12.4 Å². The van der Waals surface area contributed by atoms with E-state index in [1.165, 1.54) is 11.1 Å². The molecule has 4 heteroatoms. The predicted octanol–water partition coefficient (Wildman–Crippen LogP) is 5.38. The van der Waals surface area contributed by atoms with Crippen LogP contribution in [0.15, 0.2) is 48.5 Å². The van der Waals surface area contributed by atoms with E-state index in [9.17, 15) is 9.59 Å². The molecule has 2 saturated heterocycles. The maximum absolute atomic E-state index is 13.1. The van der Waals surface area contributed by atoms with Gasteiger partial charge in [0.05, 0.1) is 0 Å². The number of Topliss-reactive ketones (excluding diaryl/α,β-unsaturated/α-hetero) is 1. The van der Waals surface area contributed by atoms with Gasteiger partial charge in [-0.15, -0.1) is 0 Å². The molecule has 30 heavy (non-hydrogen) atoms. The van der Waals surface area contributed by atoms with Gasteiger partial charge in [0, 0.05) is 24.4 Å². The SMILES string of the molecule is Cc1cc(C)cc(CC(=O)C2CC3CCCC(C2)N3C(=O)OCc2ccccc2)c1. The molecule has 2 aromatic carbocycles. The minimum absolute atomic E-state index is 0.0410. The fraction of sp³-hybridized carbons (Fsp3) is 0.462. The van der Waals surface area contributed by atoms with E-state index in [4.69, 9.17) is 4.74 Å². The number of ether oxygens (including phenoxy) is 1. The van der Waals surface area contributed by atoms with Crippen LogP contribution in [0.2, 0.25) is 0 Å². The molecule has 2 bridgehead atoms. The predicted molar refractivity (Wildman–Crippen MR) is 117 cm³/mol. The summed E-state index contributed by atoms with van der Waals surface area (Å²) < 4.78 is 5.62. The molecule has 0 radical (unpaired) electrons. The third-order valence-corrected chi connectivity index (χ3v) is 6.51. The molecule has 2 aromatic rings. The molecule has 2 heterocycles. The molecule has 2 atom stereocenters. The summed E-state index contributed by atoms with van der Waals surface area (Å²) >= 11 is 0. The molecular weight excluding hydrogens is 374 g/mol. The number of amides is 1. The maximum Gasteiger partial charge on any atom is 0.410 e. The van der Waals surface area contributed by atoms with Crippen molar-refractivity contribution in [1.82, 2.24) is 4.90 Å². The lowest BCUT2D eigenvalue weighted by atomic mass is 9.76. The average Bonchev–Trinajstić information content (AvgIpc) is 2.71. The number of rotatable bonds is 5. The van der Waals surface area contributed by atoms with Gasteiger partial charge in [-0.25, -0.2) is 4.79 Å². The second-order valence-electron chi connectivity index (χ2n) is 8.99. The molecule has 0 spiro atoms. The number of hydrogen-bond donors (Lipinski definition) is 0. The van der Waals surface area contributed by atoms with Gasteiger partial charge in [-0.05, 0) is 57.1 Å². The Bertz CT molecular complexity index is 873.